The van der Waals surface area contributed by atoms with E-state index in [0.29, 0.717) is 35.8 Å². The average Bonchev–Trinajstić information content (AvgIpc) is 3.35. The zero-order valence-electron chi connectivity index (χ0n) is 15.0. The summed E-state index contributed by atoms with van der Waals surface area (Å²) in [5.41, 5.74) is 0.508. The first-order valence-electron chi connectivity index (χ1n) is 9.27. The molecule has 2 aliphatic rings. The van der Waals surface area contributed by atoms with Crippen LogP contribution in [0, 0.1) is 11.8 Å². The lowest BCUT2D eigenvalue weighted by molar-refractivity contribution is 0.0352. The molecule has 28 heavy (non-hydrogen) atoms. The molecule has 2 N–H and O–H groups in total. The predicted octanol–water partition coefficient (Wildman–Crippen LogP) is 3.13. The second-order valence-corrected chi connectivity index (χ2v) is 10.3. The Morgan fingerprint density at radius 1 is 1.14 bits per heavy atom. The first-order chi connectivity index (χ1) is 13.4. The highest BCUT2D eigenvalue weighted by Gasteiger charge is 2.51. The summed E-state index contributed by atoms with van der Waals surface area (Å²) in [5, 5.41) is 19.9. The van der Waals surface area contributed by atoms with E-state index in [1.807, 2.05) is 6.07 Å². The topological polar surface area (TPSA) is 86.3 Å². The van der Waals surface area contributed by atoms with E-state index in [9.17, 15) is 13.5 Å². The quantitative estimate of drug-likeness (QED) is 0.685. The van der Waals surface area contributed by atoms with Gasteiger partial charge in [0, 0.05) is 29.1 Å². The summed E-state index contributed by atoms with van der Waals surface area (Å²) in [4.78, 5) is 0.319. The normalized spacial score (nSPS) is 28.1. The van der Waals surface area contributed by atoms with Gasteiger partial charge in [-0.15, -0.1) is 0 Å². The molecule has 0 unspecified atom stereocenters. The van der Waals surface area contributed by atoms with E-state index >= 15 is 0 Å². The standard InChI is InChI=1S/C20H20ClN3O3S/c21-16-6-13-10-22-23-19(13)18(7-16)20(25)8-14-11-24(12-15(14)9-20)28(26,27)17-4-2-1-3-5-17/h1-7,10,14-15,25H,8-9,11-12H2,(H,22,23)/t14-,15+,20+. The third-order valence-corrected chi connectivity index (χ3v) is 8.20. The van der Waals surface area contributed by atoms with Gasteiger partial charge >= 0.3 is 0 Å². The number of hydrogen-bond donors (Lipinski definition) is 2. The van der Waals surface area contributed by atoms with Gasteiger partial charge in [0.2, 0.25) is 10.0 Å². The van der Waals surface area contributed by atoms with Crippen LogP contribution in [0.4, 0.5) is 0 Å². The van der Waals surface area contributed by atoms with Crippen molar-refractivity contribution in [1.82, 2.24) is 14.5 Å². The summed E-state index contributed by atoms with van der Waals surface area (Å²) < 4.78 is 27.4. The number of benzene rings is 2. The maximum atomic E-state index is 12.9. The fourth-order valence-electron chi connectivity index (χ4n) is 4.85. The number of sulfonamides is 1. The van der Waals surface area contributed by atoms with Crippen LogP contribution in [0.3, 0.4) is 0 Å². The molecular formula is C20H20ClN3O3S. The van der Waals surface area contributed by atoms with Crippen LogP contribution in [0.1, 0.15) is 18.4 Å². The molecule has 0 spiro atoms. The zero-order valence-corrected chi connectivity index (χ0v) is 16.6. The molecule has 0 radical (unpaired) electrons. The van der Waals surface area contributed by atoms with Gasteiger partial charge in [-0.3, -0.25) is 5.10 Å². The van der Waals surface area contributed by atoms with Gasteiger partial charge in [-0.1, -0.05) is 29.8 Å². The Morgan fingerprint density at radius 3 is 2.50 bits per heavy atom. The van der Waals surface area contributed by atoms with Gasteiger partial charge in [-0.05, 0) is 48.9 Å². The van der Waals surface area contributed by atoms with Crippen LogP contribution < -0.4 is 0 Å². The summed E-state index contributed by atoms with van der Waals surface area (Å²) >= 11 is 6.25. The molecule has 1 aliphatic heterocycles. The summed E-state index contributed by atoms with van der Waals surface area (Å²) in [7, 11) is -3.50. The minimum Gasteiger partial charge on any atom is -0.385 e. The van der Waals surface area contributed by atoms with Crippen molar-refractivity contribution in [1.29, 1.82) is 0 Å². The number of nitrogens with zero attached hydrogens (tertiary/aromatic N) is 2. The van der Waals surface area contributed by atoms with Gasteiger partial charge < -0.3 is 5.11 Å². The minimum atomic E-state index is -3.50. The van der Waals surface area contributed by atoms with Crippen molar-refractivity contribution in [3.05, 3.63) is 59.2 Å². The maximum Gasteiger partial charge on any atom is 0.243 e. The number of H-pyrrole nitrogens is 1. The van der Waals surface area contributed by atoms with Crippen molar-refractivity contribution in [3.8, 4) is 0 Å². The second kappa shape index (κ2) is 6.29. The molecule has 2 heterocycles. The van der Waals surface area contributed by atoms with Crippen molar-refractivity contribution in [2.75, 3.05) is 13.1 Å². The number of hydrogen-bond acceptors (Lipinski definition) is 4. The van der Waals surface area contributed by atoms with Gasteiger partial charge in [-0.25, -0.2) is 8.42 Å². The van der Waals surface area contributed by atoms with Crippen LogP contribution >= 0.6 is 11.6 Å². The number of aromatic amines is 1. The molecule has 2 aromatic carbocycles. The molecule has 1 aliphatic carbocycles. The maximum absolute atomic E-state index is 12.9. The van der Waals surface area contributed by atoms with Crippen molar-refractivity contribution in [2.45, 2.75) is 23.3 Å². The van der Waals surface area contributed by atoms with E-state index in [-0.39, 0.29) is 11.8 Å². The molecule has 0 amide bonds. The molecule has 1 saturated carbocycles. The fourth-order valence-corrected chi connectivity index (χ4v) is 6.66. The molecule has 0 bridgehead atoms. The van der Waals surface area contributed by atoms with Crippen molar-refractivity contribution in [2.24, 2.45) is 11.8 Å². The number of halogens is 1. The van der Waals surface area contributed by atoms with Crippen LogP contribution in [0.2, 0.25) is 5.02 Å². The van der Waals surface area contributed by atoms with E-state index < -0.39 is 15.6 Å². The molecule has 1 saturated heterocycles. The van der Waals surface area contributed by atoms with E-state index in [4.69, 9.17) is 11.6 Å². The lowest BCUT2D eigenvalue weighted by atomic mass is 9.89. The Labute approximate surface area is 168 Å². The molecule has 5 rings (SSSR count). The Balaban J connectivity index is 1.42. The highest BCUT2D eigenvalue weighted by atomic mass is 35.5. The lowest BCUT2D eigenvalue weighted by Crippen LogP contribution is -2.32. The third-order valence-electron chi connectivity index (χ3n) is 6.14. The Hall–Kier alpha value is -1.93. The largest absolute Gasteiger partial charge is 0.385 e. The Bertz CT molecular complexity index is 1130. The number of aliphatic hydroxyl groups is 1. The second-order valence-electron chi connectivity index (χ2n) is 7.88. The number of nitrogens with one attached hydrogen (secondary N) is 1. The lowest BCUT2D eigenvalue weighted by Gasteiger charge is -2.27. The van der Waals surface area contributed by atoms with Gasteiger partial charge in [0.05, 0.1) is 22.2 Å². The van der Waals surface area contributed by atoms with Crippen molar-refractivity contribution < 1.29 is 13.5 Å². The highest BCUT2D eigenvalue weighted by Crippen LogP contribution is 2.51. The monoisotopic (exact) mass is 417 g/mol. The minimum absolute atomic E-state index is 0.112. The molecule has 8 heteroatoms. The van der Waals surface area contributed by atoms with E-state index in [1.54, 1.807) is 46.9 Å². The number of fused-ring (bicyclic) bond motifs is 2. The smallest absolute Gasteiger partial charge is 0.243 e. The Kier molecular flexibility index (Phi) is 4.07. The summed E-state index contributed by atoms with van der Waals surface area (Å²) in [6.07, 6.45) is 2.71. The summed E-state index contributed by atoms with van der Waals surface area (Å²) in [6.45, 7) is 0.855. The summed E-state index contributed by atoms with van der Waals surface area (Å²) in [6, 6.07) is 12.1. The van der Waals surface area contributed by atoms with Crippen LogP contribution in [-0.2, 0) is 15.6 Å². The molecule has 3 aromatic rings. The molecule has 1 aromatic heterocycles. The van der Waals surface area contributed by atoms with Crippen LogP contribution in [0.5, 0.6) is 0 Å². The van der Waals surface area contributed by atoms with Crippen LogP contribution in [-0.4, -0.2) is 41.1 Å². The molecule has 146 valence electrons. The molecule has 6 nitrogen and oxygen atoms in total. The third kappa shape index (κ3) is 2.76. The van der Waals surface area contributed by atoms with Crippen molar-refractivity contribution >= 4 is 32.5 Å². The van der Waals surface area contributed by atoms with Crippen molar-refractivity contribution in [3.63, 3.8) is 0 Å². The Morgan fingerprint density at radius 2 is 1.82 bits per heavy atom. The fraction of sp³-hybridized carbons (Fsp3) is 0.350. The van der Waals surface area contributed by atoms with Gasteiger partial charge in [-0.2, -0.15) is 9.40 Å². The highest BCUT2D eigenvalue weighted by molar-refractivity contribution is 7.89. The molecular weight excluding hydrogens is 398 g/mol. The average molecular weight is 418 g/mol. The SMILES string of the molecule is O=S(=O)(c1ccccc1)N1C[C@@H]2C[C@](O)(c3cc(Cl)cc4cn[nH]c34)C[C@@H]2C1. The van der Waals surface area contributed by atoms with Gasteiger partial charge in [0.25, 0.3) is 0 Å². The predicted molar refractivity (Wildman–Crippen MR) is 106 cm³/mol. The van der Waals surface area contributed by atoms with Gasteiger partial charge in [0.15, 0.2) is 0 Å². The number of aromatic nitrogens is 2. The molecule has 2 fully saturated rings. The summed E-state index contributed by atoms with van der Waals surface area (Å²) in [5.74, 6) is 0.223. The van der Waals surface area contributed by atoms with Gasteiger partial charge in [0.1, 0.15) is 0 Å². The van der Waals surface area contributed by atoms with E-state index in [2.05, 4.69) is 10.2 Å². The first kappa shape index (κ1) is 18.1. The van der Waals surface area contributed by atoms with E-state index in [0.717, 1.165) is 16.5 Å². The molecule has 3 atom stereocenters. The number of rotatable bonds is 3. The zero-order chi connectivity index (χ0) is 19.5. The van der Waals surface area contributed by atoms with Crippen LogP contribution in [0.15, 0.2) is 53.6 Å². The first-order valence-corrected chi connectivity index (χ1v) is 11.1. The van der Waals surface area contributed by atoms with E-state index in [1.165, 1.54) is 0 Å². The van der Waals surface area contributed by atoms with Crippen LogP contribution in [0.25, 0.3) is 10.9 Å².